The van der Waals surface area contributed by atoms with Crippen molar-refractivity contribution < 1.29 is 14.3 Å². The second-order valence-corrected chi connectivity index (χ2v) is 6.52. The summed E-state index contributed by atoms with van der Waals surface area (Å²) in [5.41, 5.74) is 1.16. The number of carbonyl (C=O) groups excluding carboxylic acids is 2. The Kier molecular flexibility index (Phi) is 4.64. The molecule has 0 atom stereocenters. The number of aromatic amines is 2. The first kappa shape index (κ1) is 18.5. The maximum Gasteiger partial charge on any atom is 0.271 e. The van der Waals surface area contributed by atoms with Crippen molar-refractivity contribution in [3.05, 3.63) is 80.6 Å². The second kappa shape index (κ2) is 7.27. The van der Waals surface area contributed by atoms with Crippen molar-refractivity contribution in [2.45, 2.75) is 6.92 Å². The standard InChI is InChI=1S/C22H19N3O4/c1-3-25-16-10-6-5-9-14(16)20(26)18(22(25)28)19-15(21(27)24-23-19)12-13-8-4-7-11-17(13)29-2/h4-12,23H,3H2,1-2H3,(H,24,27)/b15-12+,19-18+. The highest BCUT2D eigenvalue weighted by Crippen LogP contribution is 2.29. The van der Waals surface area contributed by atoms with E-state index in [0.29, 0.717) is 29.1 Å². The molecule has 0 unspecified atom stereocenters. The zero-order valence-electron chi connectivity index (χ0n) is 16.0. The first-order valence-corrected chi connectivity index (χ1v) is 9.18. The molecule has 0 bridgehead atoms. The molecule has 3 aromatic rings. The molecule has 0 saturated heterocycles. The number of carbonyl (C=O) groups is 2. The van der Waals surface area contributed by atoms with Crippen LogP contribution in [0.2, 0.25) is 0 Å². The number of H-pyrrole nitrogens is 2. The molecule has 146 valence electrons. The Morgan fingerprint density at radius 1 is 1.00 bits per heavy atom. The number of para-hydroxylation sites is 2. The van der Waals surface area contributed by atoms with E-state index >= 15 is 0 Å². The third kappa shape index (κ3) is 2.97. The van der Waals surface area contributed by atoms with Crippen LogP contribution in [0.1, 0.15) is 22.8 Å². The number of rotatable bonds is 3. The average molecular weight is 389 g/mol. The summed E-state index contributed by atoms with van der Waals surface area (Å²) in [6.45, 7) is 2.23. The van der Waals surface area contributed by atoms with Crippen LogP contribution in [0.3, 0.4) is 0 Å². The fourth-order valence-corrected chi connectivity index (χ4v) is 3.56. The summed E-state index contributed by atoms with van der Waals surface area (Å²) in [7, 11) is 1.54. The lowest BCUT2D eigenvalue weighted by Gasteiger charge is -2.28. The number of nitrogens with one attached hydrogen (secondary N) is 2. The predicted molar refractivity (Wildman–Crippen MR) is 109 cm³/mol. The second-order valence-electron chi connectivity index (χ2n) is 6.52. The zero-order valence-corrected chi connectivity index (χ0v) is 16.0. The van der Waals surface area contributed by atoms with E-state index in [-0.39, 0.29) is 16.1 Å². The molecule has 4 rings (SSSR count). The van der Waals surface area contributed by atoms with Gasteiger partial charge in [0.15, 0.2) is 0 Å². The highest BCUT2D eigenvalue weighted by atomic mass is 16.5. The van der Waals surface area contributed by atoms with Crippen molar-refractivity contribution in [3.8, 4) is 5.75 Å². The van der Waals surface area contributed by atoms with Crippen LogP contribution in [0.25, 0.3) is 11.6 Å². The summed E-state index contributed by atoms with van der Waals surface area (Å²) in [4.78, 5) is 40.3. The lowest BCUT2D eigenvalue weighted by Crippen LogP contribution is -2.45. The number of nitrogens with zero attached hydrogens (tertiary/aromatic N) is 1. The molecule has 0 fully saturated rings. The number of amides is 1. The summed E-state index contributed by atoms with van der Waals surface area (Å²) in [6, 6.07) is 14.1. The molecular weight excluding hydrogens is 370 g/mol. The molecule has 0 radical (unpaired) electrons. The van der Waals surface area contributed by atoms with Crippen molar-refractivity contribution in [1.82, 2.24) is 10.2 Å². The number of ether oxygens (including phenoxy) is 1. The molecule has 1 aromatic heterocycles. The highest BCUT2D eigenvalue weighted by molar-refractivity contribution is 6.51. The van der Waals surface area contributed by atoms with Gasteiger partial charge in [-0.05, 0) is 31.2 Å². The predicted octanol–water partition coefficient (Wildman–Crippen LogP) is 0.941. The zero-order chi connectivity index (χ0) is 20.5. The number of hydrogen-bond acceptors (Lipinski definition) is 4. The summed E-state index contributed by atoms with van der Waals surface area (Å²) in [5, 5.41) is 5.58. The van der Waals surface area contributed by atoms with Gasteiger partial charge in [0.05, 0.1) is 23.4 Å². The molecule has 2 heterocycles. The number of ketones is 1. The number of anilines is 1. The Bertz CT molecular complexity index is 1300. The number of fused-ring (bicyclic) bond motifs is 1. The Balaban J connectivity index is 2.06. The van der Waals surface area contributed by atoms with E-state index in [2.05, 4.69) is 10.2 Å². The van der Waals surface area contributed by atoms with Crippen LogP contribution < -0.4 is 25.8 Å². The van der Waals surface area contributed by atoms with Crippen LogP contribution in [-0.2, 0) is 4.79 Å². The maximum absolute atomic E-state index is 13.2. The fraction of sp³-hybridized carbons (Fsp3) is 0.136. The van der Waals surface area contributed by atoms with Gasteiger partial charge in [-0.2, -0.15) is 0 Å². The average Bonchev–Trinajstić information content (AvgIpc) is 3.09. The normalized spacial score (nSPS) is 16.2. The molecule has 7 heteroatoms. The summed E-state index contributed by atoms with van der Waals surface area (Å²) in [6.07, 6.45) is 1.61. The quantitative estimate of drug-likeness (QED) is 0.697. The largest absolute Gasteiger partial charge is 0.496 e. The van der Waals surface area contributed by atoms with Crippen LogP contribution in [0.15, 0.2) is 53.3 Å². The minimum absolute atomic E-state index is 0.0648. The van der Waals surface area contributed by atoms with Gasteiger partial charge < -0.3 is 9.64 Å². The SMILES string of the molecule is CCN1C(=O)/C(=c2/[nH][nH]c(=O)/c2=C/c2ccccc2OC)C(=O)c2ccccc21. The molecule has 0 spiro atoms. The van der Waals surface area contributed by atoms with E-state index in [0.717, 1.165) is 0 Å². The number of hydrogen-bond donors (Lipinski definition) is 2. The van der Waals surface area contributed by atoms with Gasteiger partial charge in [-0.3, -0.25) is 24.6 Å². The fourth-order valence-electron chi connectivity index (χ4n) is 3.56. The number of Topliss-reactive ketones (excluding diaryl/α,β-unsaturated/α-hetero) is 1. The van der Waals surface area contributed by atoms with Crippen LogP contribution in [-0.4, -0.2) is 35.5 Å². The highest BCUT2D eigenvalue weighted by Gasteiger charge is 2.35. The molecule has 1 aliphatic heterocycles. The van der Waals surface area contributed by atoms with Gasteiger partial charge in [-0.25, -0.2) is 0 Å². The molecule has 0 saturated carbocycles. The van der Waals surface area contributed by atoms with Gasteiger partial charge in [-0.15, -0.1) is 0 Å². The lowest BCUT2D eigenvalue weighted by atomic mass is 9.94. The summed E-state index contributed by atoms with van der Waals surface area (Å²) in [5.74, 6) is -0.285. The van der Waals surface area contributed by atoms with Crippen LogP contribution in [0.5, 0.6) is 5.75 Å². The van der Waals surface area contributed by atoms with Crippen molar-refractivity contribution in [2.24, 2.45) is 0 Å². The van der Waals surface area contributed by atoms with Crippen molar-refractivity contribution >= 4 is 29.0 Å². The van der Waals surface area contributed by atoms with Crippen molar-refractivity contribution in [2.75, 3.05) is 18.6 Å². The van der Waals surface area contributed by atoms with Crippen molar-refractivity contribution in [1.29, 1.82) is 0 Å². The smallest absolute Gasteiger partial charge is 0.271 e. The van der Waals surface area contributed by atoms with E-state index in [1.807, 2.05) is 19.1 Å². The molecule has 0 aliphatic carbocycles. The van der Waals surface area contributed by atoms with Crippen LogP contribution >= 0.6 is 0 Å². The molecular formula is C22H19N3O4. The van der Waals surface area contributed by atoms with Gasteiger partial charge in [0.25, 0.3) is 11.5 Å². The molecule has 29 heavy (non-hydrogen) atoms. The Morgan fingerprint density at radius 2 is 1.72 bits per heavy atom. The van der Waals surface area contributed by atoms with Crippen molar-refractivity contribution in [3.63, 3.8) is 0 Å². The third-order valence-electron chi connectivity index (χ3n) is 4.95. The van der Waals surface area contributed by atoms with Crippen LogP contribution in [0, 0.1) is 0 Å². The first-order valence-electron chi connectivity index (χ1n) is 9.18. The topological polar surface area (TPSA) is 95.3 Å². The van der Waals surface area contributed by atoms with Gasteiger partial charge >= 0.3 is 0 Å². The molecule has 2 N–H and O–H groups in total. The summed E-state index contributed by atoms with van der Waals surface area (Å²) >= 11 is 0. The van der Waals surface area contributed by atoms with Gasteiger partial charge in [-0.1, -0.05) is 30.3 Å². The first-order chi connectivity index (χ1) is 14.1. The van der Waals surface area contributed by atoms with Gasteiger partial charge in [0, 0.05) is 17.7 Å². The van der Waals surface area contributed by atoms with E-state index in [9.17, 15) is 14.4 Å². The number of methoxy groups -OCH3 is 1. The van der Waals surface area contributed by atoms with Gasteiger partial charge in [0.2, 0.25) is 5.78 Å². The Hall–Kier alpha value is -3.87. The van der Waals surface area contributed by atoms with E-state index < -0.39 is 17.2 Å². The van der Waals surface area contributed by atoms with E-state index in [1.54, 1.807) is 42.5 Å². The maximum atomic E-state index is 13.2. The van der Waals surface area contributed by atoms with Crippen LogP contribution in [0.4, 0.5) is 5.69 Å². The molecule has 7 nitrogen and oxygen atoms in total. The third-order valence-corrected chi connectivity index (χ3v) is 4.95. The lowest BCUT2D eigenvalue weighted by molar-refractivity contribution is -0.113. The minimum atomic E-state index is -0.443. The molecule has 1 amide bonds. The monoisotopic (exact) mass is 389 g/mol. The van der Waals surface area contributed by atoms with Gasteiger partial charge in [0.1, 0.15) is 11.3 Å². The van der Waals surface area contributed by atoms with E-state index in [4.69, 9.17) is 4.74 Å². The Labute approximate surface area is 165 Å². The number of benzene rings is 2. The van der Waals surface area contributed by atoms with E-state index in [1.165, 1.54) is 12.0 Å². The Morgan fingerprint density at radius 3 is 2.48 bits per heavy atom. The molecule has 1 aliphatic rings. The summed E-state index contributed by atoms with van der Waals surface area (Å²) < 4.78 is 5.34. The molecule has 2 aromatic carbocycles. The minimum Gasteiger partial charge on any atom is -0.496 e. The number of aromatic nitrogens is 2.